The van der Waals surface area contributed by atoms with Gasteiger partial charge in [0.05, 0.1) is 6.54 Å². The molecule has 4 heteroatoms. The first-order valence-electron chi connectivity index (χ1n) is 4.72. The second-order valence-electron chi connectivity index (χ2n) is 3.38. The standard InChI is InChI=1S/C9H17N3O/c1-4-7(2)5-10-6-9-11-8(3)12-13-9/h7,10H,4-6H2,1-3H3. The van der Waals surface area contributed by atoms with E-state index in [1.54, 1.807) is 0 Å². The Morgan fingerprint density at radius 2 is 2.31 bits per heavy atom. The Balaban J connectivity index is 2.20. The molecule has 0 aliphatic heterocycles. The van der Waals surface area contributed by atoms with Crippen molar-refractivity contribution >= 4 is 0 Å². The first kappa shape index (κ1) is 10.2. The molecular formula is C9H17N3O. The zero-order valence-electron chi connectivity index (χ0n) is 8.50. The molecule has 1 atom stereocenters. The monoisotopic (exact) mass is 183 g/mol. The van der Waals surface area contributed by atoms with Crippen LogP contribution in [0.4, 0.5) is 0 Å². The maximum atomic E-state index is 4.96. The minimum absolute atomic E-state index is 0.667. The van der Waals surface area contributed by atoms with Crippen LogP contribution in [0, 0.1) is 12.8 Å². The summed E-state index contributed by atoms with van der Waals surface area (Å²) < 4.78 is 4.96. The average molecular weight is 183 g/mol. The Bertz CT molecular complexity index is 247. The first-order chi connectivity index (χ1) is 6.22. The molecule has 0 aromatic carbocycles. The number of hydrogen-bond donors (Lipinski definition) is 1. The fraction of sp³-hybridized carbons (Fsp3) is 0.778. The maximum absolute atomic E-state index is 4.96. The van der Waals surface area contributed by atoms with E-state index in [0.29, 0.717) is 24.2 Å². The van der Waals surface area contributed by atoms with Gasteiger partial charge < -0.3 is 9.84 Å². The molecule has 13 heavy (non-hydrogen) atoms. The molecule has 0 aliphatic rings. The molecule has 1 aromatic rings. The molecule has 0 amide bonds. The third-order valence-electron chi connectivity index (χ3n) is 2.04. The minimum atomic E-state index is 0.667. The van der Waals surface area contributed by atoms with Gasteiger partial charge in [0.25, 0.3) is 0 Å². The van der Waals surface area contributed by atoms with Crippen molar-refractivity contribution in [3.63, 3.8) is 0 Å². The van der Waals surface area contributed by atoms with Crippen LogP contribution in [0.5, 0.6) is 0 Å². The number of aryl methyl sites for hydroxylation is 1. The summed E-state index contributed by atoms with van der Waals surface area (Å²) in [6.45, 7) is 7.89. The smallest absolute Gasteiger partial charge is 0.240 e. The quantitative estimate of drug-likeness (QED) is 0.751. The van der Waals surface area contributed by atoms with Crippen molar-refractivity contribution in [2.24, 2.45) is 5.92 Å². The number of nitrogens with zero attached hydrogens (tertiary/aromatic N) is 2. The van der Waals surface area contributed by atoms with Crippen LogP contribution in [0.25, 0.3) is 0 Å². The number of nitrogens with one attached hydrogen (secondary N) is 1. The predicted molar refractivity (Wildman–Crippen MR) is 50.2 cm³/mol. The highest BCUT2D eigenvalue weighted by Gasteiger charge is 2.02. The van der Waals surface area contributed by atoms with Crippen molar-refractivity contribution in [2.75, 3.05) is 6.54 Å². The Morgan fingerprint density at radius 1 is 1.54 bits per heavy atom. The molecule has 0 radical (unpaired) electrons. The molecule has 0 saturated heterocycles. The van der Waals surface area contributed by atoms with Crippen LogP contribution in [0.15, 0.2) is 4.52 Å². The van der Waals surface area contributed by atoms with Crippen LogP contribution in [0.2, 0.25) is 0 Å². The minimum Gasteiger partial charge on any atom is -0.338 e. The van der Waals surface area contributed by atoms with Gasteiger partial charge in [0.1, 0.15) is 0 Å². The van der Waals surface area contributed by atoms with Crippen LogP contribution < -0.4 is 5.32 Å². The lowest BCUT2D eigenvalue weighted by atomic mass is 10.1. The Morgan fingerprint density at radius 3 is 2.85 bits per heavy atom. The number of aromatic nitrogens is 2. The van der Waals surface area contributed by atoms with Gasteiger partial charge in [0.2, 0.25) is 5.89 Å². The molecule has 0 bridgehead atoms. The lowest BCUT2D eigenvalue weighted by Crippen LogP contribution is -2.20. The van der Waals surface area contributed by atoms with Crippen LogP contribution >= 0.6 is 0 Å². The summed E-state index contributed by atoms with van der Waals surface area (Å²) >= 11 is 0. The van der Waals surface area contributed by atoms with Crippen molar-refractivity contribution in [1.82, 2.24) is 15.5 Å². The highest BCUT2D eigenvalue weighted by atomic mass is 16.5. The van der Waals surface area contributed by atoms with E-state index in [0.717, 1.165) is 6.54 Å². The zero-order chi connectivity index (χ0) is 9.68. The fourth-order valence-electron chi connectivity index (χ4n) is 0.982. The summed E-state index contributed by atoms with van der Waals surface area (Å²) in [7, 11) is 0. The van der Waals surface area contributed by atoms with Gasteiger partial charge in [-0.3, -0.25) is 0 Å². The number of rotatable bonds is 5. The zero-order valence-corrected chi connectivity index (χ0v) is 8.50. The highest BCUT2D eigenvalue weighted by molar-refractivity contribution is 4.81. The summed E-state index contributed by atoms with van der Waals surface area (Å²) in [5.41, 5.74) is 0. The molecule has 1 unspecified atom stereocenters. The molecule has 1 N–H and O–H groups in total. The fourth-order valence-corrected chi connectivity index (χ4v) is 0.982. The summed E-state index contributed by atoms with van der Waals surface area (Å²) in [6.07, 6.45) is 1.19. The van der Waals surface area contributed by atoms with Crippen molar-refractivity contribution in [2.45, 2.75) is 33.7 Å². The van der Waals surface area contributed by atoms with Crippen molar-refractivity contribution in [3.05, 3.63) is 11.7 Å². The van der Waals surface area contributed by atoms with Crippen molar-refractivity contribution in [3.8, 4) is 0 Å². The predicted octanol–water partition coefficient (Wildman–Crippen LogP) is 1.51. The van der Waals surface area contributed by atoms with Crippen LogP contribution in [0.3, 0.4) is 0 Å². The lowest BCUT2D eigenvalue weighted by Gasteiger charge is -2.07. The average Bonchev–Trinajstić information content (AvgIpc) is 2.51. The van der Waals surface area contributed by atoms with Crippen LogP contribution in [-0.2, 0) is 6.54 Å². The molecule has 0 aliphatic carbocycles. The van der Waals surface area contributed by atoms with Gasteiger partial charge in [-0.25, -0.2) is 0 Å². The third kappa shape index (κ3) is 3.55. The van der Waals surface area contributed by atoms with Gasteiger partial charge >= 0.3 is 0 Å². The summed E-state index contributed by atoms with van der Waals surface area (Å²) in [5, 5.41) is 6.98. The van der Waals surface area contributed by atoms with Gasteiger partial charge in [0.15, 0.2) is 5.82 Å². The van der Waals surface area contributed by atoms with Gasteiger partial charge in [0, 0.05) is 0 Å². The van der Waals surface area contributed by atoms with E-state index in [9.17, 15) is 0 Å². The van der Waals surface area contributed by atoms with E-state index in [4.69, 9.17) is 4.52 Å². The van der Waals surface area contributed by atoms with Gasteiger partial charge in [-0.05, 0) is 19.4 Å². The molecule has 0 saturated carbocycles. The molecule has 1 rings (SSSR count). The number of hydrogen-bond acceptors (Lipinski definition) is 4. The van der Waals surface area contributed by atoms with E-state index >= 15 is 0 Å². The van der Waals surface area contributed by atoms with Gasteiger partial charge in [-0.15, -0.1) is 0 Å². The SMILES string of the molecule is CCC(C)CNCc1nc(C)no1. The molecule has 0 spiro atoms. The summed E-state index contributed by atoms with van der Waals surface area (Å²) in [5.74, 6) is 2.06. The highest BCUT2D eigenvalue weighted by Crippen LogP contribution is 1.99. The molecular weight excluding hydrogens is 166 g/mol. The largest absolute Gasteiger partial charge is 0.338 e. The van der Waals surface area contributed by atoms with Crippen LogP contribution in [0.1, 0.15) is 32.0 Å². The summed E-state index contributed by atoms with van der Waals surface area (Å²) in [6, 6.07) is 0. The van der Waals surface area contributed by atoms with E-state index in [1.165, 1.54) is 6.42 Å². The molecule has 74 valence electrons. The van der Waals surface area contributed by atoms with Gasteiger partial charge in [-0.2, -0.15) is 4.98 Å². The Labute approximate surface area is 78.7 Å². The Kier molecular flexibility index (Phi) is 3.89. The topological polar surface area (TPSA) is 51.0 Å². The molecule has 1 heterocycles. The normalized spacial score (nSPS) is 13.2. The van der Waals surface area contributed by atoms with E-state index in [-0.39, 0.29) is 0 Å². The van der Waals surface area contributed by atoms with Gasteiger partial charge in [-0.1, -0.05) is 25.4 Å². The van der Waals surface area contributed by atoms with Crippen LogP contribution in [-0.4, -0.2) is 16.7 Å². The van der Waals surface area contributed by atoms with E-state index in [1.807, 2.05) is 6.92 Å². The second kappa shape index (κ2) is 4.97. The molecule has 4 nitrogen and oxygen atoms in total. The lowest BCUT2D eigenvalue weighted by molar-refractivity contribution is 0.358. The van der Waals surface area contributed by atoms with Crippen molar-refractivity contribution < 1.29 is 4.52 Å². The van der Waals surface area contributed by atoms with Crippen molar-refractivity contribution in [1.29, 1.82) is 0 Å². The third-order valence-corrected chi connectivity index (χ3v) is 2.04. The van der Waals surface area contributed by atoms with E-state index in [2.05, 4.69) is 29.3 Å². The molecule has 0 fully saturated rings. The second-order valence-corrected chi connectivity index (χ2v) is 3.38. The summed E-state index contributed by atoms with van der Waals surface area (Å²) in [4.78, 5) is 4.09. The van der Waals surface area contributed by atoms with E-state index < -0.39 is 0 Å². The first-order valence-corrected chi connectivity index (χ1v) is 4.72. The maximum Gasteiger partial charge on any atom is 0.240 e. The molecule has 1 aromatic heterocycles. The Hall–Kier alpha value is -0.900.